The molecule has 39 heavy (non-hydrogen) atoms. The Hall–Kier alpha value is -4.96. The van der Waals surface area contributed by atoms with Crippen LogP contribution in [0.5, 0.6) is 0 Å². The normalized spacial score (nSPS) is 16.3. The number of rotatable bonds is 2. The molecule has 4 aromatic carbocycles. The summed E-state index contributed by atoms with van der Waals surface area (Å²) >= 11 is 0. The van der Waals surface area contributed by atoms with E-state index in [4.69, 9.17) is 0 Å². The summed E-state index contributed by atoms with van der Waals surface area (Å²) in [6, 6.07) is 25.9. The first-order valence-corrected chi connectivity index (χ1v) is 12.9. The summed E-state index contributed by atoms with van der Waals surface area (Å²) in [7, 11) is 0. The minimum Gasteiger partial charge on any atom is -0.288 e. The summed E-state index contributed by atoms with van der Waals surface area (Å²) in [5, 5.41) is 0. The molecular formula is C35H22O4. The van der Waals surface area contributed by atoms with E-state index in [1.807, 2.05) is 36.4 Å². The van der Waals surface area contributed by atoms with Crippen molar-refractivity contribution < 1.29 is 19.2 Å². The Bertz CT molecular complexity index is 1690. The molecule has 186 valence electrons. The summed E-state index contributed by atoms with van der Waals surface area (Å²) in [4.78, 5) is 51.6. The average Bonchev–Trinajstić information content (AvgIpc) is 3.43. The number of carbonyl (C=O) groups excluding carboxylic acids is 4. The molecule has 0 fully saturated rings. The lowest BCUT2D eigenvalue weighted by Gasteiger charge is -2.22. The molecule has 0 heterocycles. The van der Waals surface area contributed by atoms with Gasteiger partial charge >= 0.3 is 0 Å². The van der Waals surface area contributed by atoms with E-state index in [9.17, 15) is 19.2 Å². The zero-order valence-electron chi connectivity index (χ0n) is 21.4. The van der Waals surface area contributed by atoms with Crippen LogP contribution < -0.4 is 0 Å². The molecule has 0 amide bonds. The van der Waals surface area contributed by atoms with Crippen LogP contribution in [0.2, 0.25) is 0 Å². The number of benzene rings is 4. The van der Waals surface area contributed by atoms with E-state index < -0.39 is 0 Å². The molecule has 4 aromatic rings. The van der Waals surface area contributed by atoms with Crippen LogP contribution >= 0.6 is 0 Å². The first-order valence-electron chi connectivity index (χ1n) is 12.9. The lowest BCUT2D eigenvalue weighted by atomic mass is 9.81. The maximum Gasteiger partial charge on any atom is 0.197 e. The molecular weight excluding hydrogens is 484 g/mol. The van der Waals surface area contributed by atoms with Crippen molar-refractivity contribution in [3.05, 3.63) is 141 Å². The van der Waals surface area contributed by atoms with Crippen molar-refractivity contribution in [2.75, 3.05) is 0 Å². The van der Waals surface area contributed by atoms with Crippen LogP contribution in [0.3, 0.4) is 0 Å². The molecule has 3 aliphatic carbocycles. The van der Waals surface area contributed by atoms with E-state index in [1.165, 1.54) is 0 Å². The van der Waals surface area contributed by atoms with Crippen LogP contribution in [0.25, 0.3) is 23.3 Å². The largest absolute Gasteiger partial charge is 0.288 e. The van der Waals surface area contributed by atoms with Crippen LogP contribution in [0.1, 0.15) is 77.5 Å². The Morgan fingerprint density at radius 1 is 0.462 bits per heavy atom. The Morgan fingerprint density at radius 3 is 1.13 bits per heavy atom. The number of carbonyl (C=O) groups is 4. The van der Waals surface area contributed by atoms with Crippen molar-refractivity contribution in [3.63, 3.8) is 0 Å². The Morgan fingerprint density at radius 2 is 0.795 bits per heavy atom. The van der Waals surface area contributed by atoms with Gasteiger partial charge in [-0.1, -0.05) is 98.8 Å². The molecule has 0 atom stereocenters. The van der Waals surface area contributed by atoms with Crippen molar-refractivity contribution >= 4 is 35.3 Å². The van der Waals surface area contributed by atoms with Crippen molar-refractivity contribution in [3.8, 4) is 11.1 Å². The standard InChI is InChI=1S/C35H22O4/c1-35(2)29-17-19(15-27-31(36)23-7-3-4-8-24(23)32(27)37)11-13-21(29)22-14-12-20(18-30(22)35)16-28-33(38)25-9-5-6-10-26(25)34(28)39/h3-18H,1-2H3. The number of ketones is 4. The second-order valence-corrected chi connectivity index (χ2v) is 10.8. The fourth-order valence-electron chi connectivity index (χ4n) is 6.09. The van der Waals surface area contributed by atoms with Gasteiger partial charge in [0.2, 0.25) is 0 Å². The van der Waals surface area contributed by atoms with Gasteiger partial charge < -0.3 is 0 Å². The predicted molar refractivity (Wildman–Crippen MR) is 150 cm³/mol. The van der Waals surface area contributed by atoms with E-state index in [1.54, 1.807) is 60.7 Å². The first-order chi connectivity index (χ1) is 18.8. The predicted octanol–water partition coefficient (Wildman–Crippen LogP) is 6.92. The van der Waals surface area contributed by atoms with Crippen LogP contribution in [0.4, 0.5) is 0 Å². The molecule has 4 nitrogen and oxygen atoms in total. The fourth-order valence-corrected chi connectivity index (χ4v) is 6.09. The summed E-state index contributed by atoms with van der Waals surface area (Å²) in [5.41, 5.74) is 7.75. The number of hydrogen-bond donors (Lipinski definition) is 0. The maximum absolute atomic E-state index is 12.9. The van der Waals surface area contributed by atoms with Crippen molar-refractivity contribution in [1.29, 1.82) is 0 Å². The molecule has 0 N–H and O–H groups in total. The Balaban J connectivity index is 1.26. The fraction of sp³-hybridized carbons (Fsp3) is 0.0857. The lowest BCUT2D eigenvalue weighted by Crippen LogP contribution is -2.15. The minimum atomic E-state index is -0.368. The molecule has 0 spiro atoms. The van der Waals surface area contributed by atoms with Gasteiger partial charge in [0.1, 0.15) is 0 Å². The zero-order chi connectivity index (χ0) is 27.1. The van der Waals surface area contributed by atoms with Crippen molar-refractivity contribution in [2.24, 2.45) is 0 Å². The number of hydrogen-bond acceptors (Lipinski definition) is 4. The van der Waals surface area contributed by atoms with Crippen LogP contribution in [0.15, 0.2) is 96.1 Å². The third kappa shape index (κ3) is 3.25. The Kier molecular flexibility index (Phi) is 4.77. The molecule has 0 bridgehead atoms. The molecule has 0 radical (unpaired) electrons. The highest BCUT2D eigenvalue weighted by molar-refractivity contribution is 6.42. The second kappa shape index (κ2) is 8.02. The second-order valence-electron chi connectivity index (χ2n) is 10.8. The monoisotopic (exact) mass is 506 g/mol. The molecule has 7 rings (SSSR count). The van der Waals surface area contributed by atoms with Gasteiger partial charge in [-0.3, -0.25) is 19.2 Å². The molecule has 0 aromatic heterocycles. The molecule has 4 heteroatoms. The third-order valence-electron chi connectivity index (χ3n) is 8.16. The summed E-state index contributed by atoms with van der Waals surface area (Å²) in [6.07, 6.45) is 3.38. The smallest absolute Gasteiger partial charge is 0.197 e. The molecule has 0 aliphatic heterocycles. The van der Waals surface area contributed by atoms with Gasteiger partial charge in [-0.15, -0.1) is 0 Å². The maximum atomic E-state index is 12.9. The molecule has 0 saturated carbocycles. The van der Waals surface area contributed by atoms with Crippen LogP contribution in [-0.4, -0.2) is 23.1 Å². The highest BCUT2D eigenvalue weighted by Gasteiger charge is 2.37. The van der Waals surface area contributed by atoms with Gasteiger partial charge in [0.25, 0.3) is 0 Å². The molecule has 0 saturated heterocycles. The van der Waals surface area contributed by atoms with Crippen LogP contribution in [0, 0.1) is 0 Å². The van der Waals surface area contributed by atoms with Gasteiger partial charge in [0.15, 0.2) is 23.1 Å². The topological polar surface area (TPSA) is 68.3 Å². The Labute approximate surface area is 225 Å². The van der Waals surface area contributed by atoms with Crippen molar-refractivity contribution in [2.45, 2.75) is 19.3 Å². The number of Topliss-reactive ketones (excluding diaryl/α,β-unsaturated/α-hetero) is 4. The average molecular weight is 507 g/mol. The van der Waals surface area contributed by atoms with Gasteiger partial charge in [-0.25, -0.2) is 0 Å². The van der Waals surface area contributed by atoms with Gasteiger partial charge in [-0.2, -0.15) is 0 Å². The third-order valence-corrected chi connectivity index (χ3v) is 8.16. The van der Waals surface area contributed by atoms with Gasteiger partial charge in [0.05, 0.1) is 11.1 Å². The number of allylic oxidation sites excluding steroid dienone is 2. The van der Waals surface area contributed by atoms with E-state index in [-0.39, 0.29) is 39.7 Å². The van der Waals surface area contributed by atoms with E-state index in [0.717, 1.165) is 33.4 Å². The van der Waals surface area contributed by atoms with Gasteiger partial charge in [-0.05, 0) is 45.5 Å². The summed E-state index contributed by atoms with van der Waals surface area (Å²) in [6.45, 7) is 4.27. The molecule has 3 aliphatic rings. The van der Waals surface area contributed by atoms with Crippen LogP contribution in [-0.2, 0) is 5.41 Å². The summed E-state index contributed by atoms with van der Waals surface area (Å²) in [5.74, 6) is -0.965. The SMILES string of the molecule is CC1(C)c2cc(C=C3C(=O)c4ccccc4C3=O)ccc2-c2ccc(C=C3C(=O)c4ccccc4C3=O)cc21. The van der Waals surface area contributed by atoms with Gasteiger partial charge in [0, 0.05) is 27.7 Å². The van der Waals surface area contributed by atoms with Crippen molar-refractivity contribution in [1.82, 2.24) is 0 Å². The highest BCUT2D eigenvalue weighted by atomic mass is 16.2. The van der Waals surface area contributed by atoms with E-state index in [0.29, 0.717) is 22.3 Å². The molecule has 0 unspecified atom stereocenters. The summed E-state index contributed by atoms with van der Waals surface area (Å²) < 4.78 is 0. The highest BCUT2D eigenvalue weighted by Crippen LogP contribution is 2.49. The minimum absolute atomic E-state index is 0.185. The first kappa shape index (κ1) is 23.2. The van der Waals surface area contributed by atoms with E-state index >= 15 is 0 Å². The van der Waals surface area contributed by atoms with E-state index in [2.05, 4.69) is 13.8 Å². The quantitative estimate of drug-likeness (QED) is 0.219. The zero-order valence-corrected chi connectivity index (χ0v) is 21.4. The number of fused-ring (bicyclic) bond motifs is 5. The lowest BCUT2D eigenvalue weighted by molar-refractivity contribution is 0.0975.